The molecule has 1 aromatic rings. The SMILES string of the molecule is CC(N)CSc1cccc(F)c1. The molecule has 0 radical (unpaired) electrons. The van der Waals surface area contributed by atoms with Crippen molar-refractivity contribution in [3.05, 3.63) is 30.1 Å². The zero-order valence-electron chi connectivity index (χ0n) is 6.96. The summed E-state index contributed by atoms with van der Waals surface area (Å²) in [4.78, 5) is 0.937. The molecule has 1 aromatic carbocycles. The minimum Gasteiger partial charge on any atom is -0.327 e. The van der Waals surface area contributed by atoms with Crippen molar-refractivity contribution in [3.63, 3.8) is 0 Å². The van der Waals surface area contributed by atoms with Gasteiger partial charge < -0.3 is 5.73 Å². The molecule has 0 aromatic heterocycles. The van der Waals surface area contributed by atoms with E-state index in [1.54, 1.807) is 17.8 Å². The van der Waals surface area contributed by atoms with Crippen LogP contribution >= 0.6 is 11.8 Å². The molecular formula is C9H12FNS. The highest BCUT2D eigenvalue weighted by Gasteiger charge is 1.98. The van der Waals surface area contributed by atoms with E-state index in [9.17, 15) is 4.39 Å². The van der Waals surface area contributed by atoms with E-state index in [-0.39, 0.29) is 11.9 Å². The molecule has 0 aliphatic rings. The molecule has 0 aliphatic heterocycles. The van der Waals surface area contributed by atoms with Gasteiger partial charge in [0.2, 0.25) is 0 Å². The molecule has 0 saturated heterocycles. The second kappa shape index (κ2) is 4.48. The highest BCUT2D eigenvalue weighted by atomic mass is 32.2. The summed E-state index contributed by atoms with van der Waals surface area (Å²) in [5, 5.41) is 0. The van der Waals surface area contributed by atoms with Crippen molar-refractivity contribution in [2.75, 3.05) is 5.75 Å². The number of nitrogens with two attached hydrogens (primary N) is 1. The van der Waals surface area contributed by atoms with Crippen molar-refractivity contribution in [2.24, 2.45) is 5.73 Å². The van der Waals surface area contributed by atoms with Crippen molar-refractivity contribution < 1.29 is 4.39 Å². The first-order chi connectivity index (χ1) is 5.68. The van der Waals surface area contributed by atoms with Gasteiger partial charge >= 0.3 is 0 Å². The monoisotopic (exact) mass is 185 g/mol. The molecule has 1 rings (SSSR count). The number of rotatable bonds is 3. The van der Waals surface area contributed by atoms with E-state index < -0.39 is 0 Å². The van der Waals surface area contributed by atoms with Crippen molar-refractivity contribution in [1.82, 2.24) is 0 Å². The molecule has 0 saturated carbocycles. The molecule has 0 aliphatic carbocycles. The fraction of sp³-hybridized carbons (Fsp3) is 0.333. The summed E-state index contributed by atoms with van der Waals surface area (Å²) in [6, 6.07) is 6.70. The van der Waals surface area contributed by atoms with Crippen LogP contribution in [0.15, 0.2) is 29.2 Å². The summed E-state index contributed by atoms with van der Waals surface area (Å²) in [6.07, 6.45) is 0. The molecule has 3 heteroatoms. The maximum absolute atomic E-state index is 12.6. The highest BCUT2D eigenvalue weighted by Crippen LogP contribution is 2.18. The van der Waals surface area contributed by atoms with Crippen LogP contribution in [0.2, 0.25) is 0 Å². The molecule has 66 valence electrons. The highest BCUT2D eigenvalue weighted by molar-refractivity contribution is 7.99. The third-order valence-corrected chi connectivity index (χ3v) is 2.59. The summed E-state index contributed by atoms with van der Waals surface area (Å²) < 4.78 is 12.6. The molecule has 0 amide bonds. The van der Waals surface area contributed by atoms with Crippen LogP contribution < -0.4 is 5.73 Å². The van der Waals surface area contributed by atoms with E-state index in [1.807, 2.05) is 13.0 Å². The Morgan fingerprint density at radius 2 is 2.33 bits per heavy atom. The van der Waals surface area contributed by atoms with Crippen molar-refractivity contribution in [3.8, 4) is 0 Å². The summed E-state index contributed by atoms with van der Waals surface area (Å²) in [5.74, 6) is 0.633. The van der Waals surface area contributed by atoms with Gasteiger partial charge in [0.05, 0.1) is 0 Å². The van der Waals surface area contributed by atoms with E-state index in [0.29, 0.717) is 0 Å². The lowest BCUT2D eigenvalue weighted by molar-refractivity contribution is 0.624. The maximum atomic E-state index is 12.6. The fourth-order valence-corrected chi connectivity index (χ4v) is 1.61. The topological polar surface area (TPSA) is 26.0 Å². The molecule has 1 unspecified atom stereocenters. The largest absolute Gasteiger partial charge is 0.327 e. The van der Waals surface area contributed by atoms with Crippen molar-refractivity contribution in [1.29, 1.82) is 0 Å². The Morgan fingerprint density at radius 3 is 2.92 bits per heavy atom. The lowest BCUT2D eigenvalue weighted by Gasteiger charge is -2.03. The smallest absolute Gasteiger partial charge is 0.124 e. The second-order valence-electron chi connectivity index (χ2n) is 2.75. The predicted molar refractivity (Wildman–Crippen MR) is 50.8 cm³/mol. The molecule has 0 fully saturated rings. The maximum Gasteiger partial charge on any atom is 0.124 e. The Hall–Kier alpha value is -0.540. The van der Waals surface area contributed by atoms with Gasteiger partial charge in [0.25, 0.3) is 0 Å². The van der Waals surface area contributed by atoms with Gasteiger partial charge in [-0.1, -0.05) is 6.07 Å². The Balaban J connectivity index is 2.52. The average molecular weight is 185 g/mol. The standard InChI is InChI=1S/C9H12FNS/c1-7(11)6-12-9-4-2-3-8(10)5-9/h2-5,7H,6,11H2,1H3. The van der Waals surface area contributed by atoms with Gasteiger partial charge in [-0.05, 0) is 25.1 Å². The number of hydrogen-bond acceptors (Lipinski definition) is 2. The number of hydrogen-bond donors (Lipinski definition) is 1. The van der Waals surface area contributed by atoms with E-state index in [2.05, 4.69) is 0 Å². The fourth-order valence-electron chi connectivity index (χ4n) is 0.784. The predicted octanol–water partition coefficient (Wildman–Crippen LogP) is 2.27. The minimum absolute atomic E-state index is 0.151. The number of thioether (sulfide) groups is 1. The molecule has 1 nitrogen and oxygen atoms in total. The lowest BCUT2D eigenvalue weighted by atomic mass is 10.3. The molecule has 2 N–H and O–H groups in total. The normalized spacial score (nSPS) is 12.9. The van der Waals surface area contributed by atoms with Crippen LogP contribution in [-0.4, -0.2) is 11.8 Å². The van der Waals surface area contributed by atoms with Gasteiger partial charge in [0.15, 0.2) is 0 Å². The third kappa shape index (κ3) is 3.24. The quantitative estimate of drug-likeness (QED) is 0.731. The Kier molecular flexibility index (Phi) is 3.56. The van der Waals surface area contributed by atoms with Gasteiger partial charge in [-0.3, -0.25) is 0 Å². The number of halogens is 1. The van der Waals surface area contributed by atoms with E-state index >= 15 is 0 Å². The summed E-state index contributed by atoms with van der Waals surface area (Å²) in [5.41, 5.74) is 5.56. The van der Waals surface area contributed by atoms with Crippen molar-refractivity contribution >= 4 is 11.8 Å². The Labute approximate surface area is 76.2 Å². The van der Waals surface area contributed by atoms with Crippen LogP contribution in [0.3, 0.4) is 0 Å². The average Bonchev–Trinajstić information content (AvgIpc) is 2.01. The second-order valence-corrected chi connectivity index (χ2v) is 3.84. The first kappa shape index (κ1) is 9.55. The summed E-state index contributed by atoms with van der Waals surface area (Å²) in [6.45, 7) is 1.94. The minimum atomic E-state index is -0.190. The Morgan fingerprint density at radius 1 is 1.58 bits per heavy atom. The molecular weight excluding hydrogens is 173 g/mol. The van der Waals surface area contributed by atoms with Gasteiger partial charge in [-0.15, -0.1) is 11.8 Å². The van der Waals surface area contributed by atoms with Crippen LogP contribution in [0, 0.1) is 5.82 Å². The van der Waals surface area contributed by atoms with Gasteiger partial charge in [-0.2, -0.15) is 0 Å². The molecule has 12 heavy (non-hydrogen) atoms. The summed E-state index contributed by atoms with van der Waals surface area (Å²) in [7, 11) is 0. The molecule has 0 spiro atoms. The first-order valence-corrected chi connectivity index (χ1v) is 4.81. The molecule has 1 atom stereocenters. The van der Waals surface area contributed by atoms with Gasteiger partial charge in [0, 0.05) is 16.7 Å². The van der Waals surface area contributed by atoms with Crippen LogP contribution in [0.4, 0.5) is 4.39 Å². The molecule has 0 bridgehead atoms. The zero-order chi connectivity index (χ0) is 8.97. The van der Waals surface area contributed by atoms with Crippen molar-refractivity contribution in [2.45, 2.75) is 17.9 Å². The first-order valence-electron chi connectivity index (χ1n) is 3.82. The van der Waals surface area contributed by atoms with Crippen LogP contribution in [0.1, 0.15) is 6.92 Å². The molecule has 0 heterocycles. The zero-order valence-corrected chi connectivity index (χ0v) is 7.77. The van der Waals surface area contributed by atoms with E-state index in [0.717, 1.165) is 10.6 Å². The summed E-state index contributed by atoms with van der Waals surface area (Å²) >= 11 is 1.58. The Bertz CT molecular complexity index is 250. The van der Waals surface area contributed by atoms with Gasteiger partial charge in [-0.25, -0.2) is 4.39 Å². The van der Waals surface area contributed by atoms with Gasteiger partial charge in [0.1, 0.15) is 5.82 Å². The lowest BCUT2D eigenvalue weighted by Crippen LogP contribution is -2.17. The van der Waals surface area contributed by atoms with E-state index in [1.165, 1.54) is 12.1 Å². The van der Waals surface area contributed by atoms with Crippen LogP contribution in [0.25, 0.3) is 0 Å². The third-order valence-electron chi connectivity index (χ3n) is 1.31. The van der Waals surface area contributed by atoms with Crippen LogP contribution in [0.5, 0.6) is 0 Å². The number of benzene rings is 1. The van der Waals surface area contributed by atoms with Crippen LogP contribution in [-0.2, 0) is 0 Å². The van der Waals surface area contributed by atoms with E-state index in [4.69, 9.17) is 5.73 Å².